The maximum absolute atomic E-state index is 14.0. The van der Waals surface area contributed by atoms with Crippen LogP contribution in [-0.2, 0) is 28.6 Å². The van der Waals surface area contributed by atoms with Gasteiger partial charge in [-0.15, -0.1) is 0 Å². The van der Waals surface area contributed by atoms with Crippen LogP contribution in [0.3, 0.4) is 0 Å². The lowest BCUT2D eigenvalue weighted by molar-refractivity contribution is -0.137. The van der Waals surface area contributed by atoms with Gasteiger partial charge in [0.25, 0.3) is 5.91 Å². The summed E-state index contributed by atoms with van der Waals surface area (Å²) in [6.45, 7) is -0.251. The molecule has 0 aromatic heterocycles. The predicted octanol–water partition coefficient (Wildman–Crippen LogP) is 4.32. The molecule has 5 N–H and O–H groups in total. The first kappa shape index (κ1) is 31.5. The van der Waals surface area contributed by atoms with Crippen molar-refractivity contribution in [3.05, 3.63) is 70.9 Å². The number of β-amino-alcohol motifs (C(OH)–C–C–N with tert-alkyl or cyclic N) is 1. The minimum Gasteiger partial charge on any atom is -0.481 e. The molecule has 14 heteroatoms. The Morgan fingerprint density at radius 1 is 1.12 bits per heavy atom. The summed E-state index contributed by atoms with van der Waals surface area (Å²) in [5, 5.41) is 21.0. The van der Waals surface area contributed by atoms with Crippen LogP contribution >= 0.6 is 0 Å². The van der Waals surface area contributed by atoms with Crippen molar-refractivity contribution in [1.82, 2.24) is 0 Å². The molecule has 1 amide bonds. The summed E-state index contributed by atoms with van der Waals surface area (Å²) in [6, 6.07) is 10.2. The molecule has 2 aromatic carbocycles. The molecule has 1 aliphatic rings. The van der Waals surface area contributed by atoms with Gasteiger partial charge < -0.3 is 26.2 Å². The van der Waals surface area contributed by atoms with Gasteiger partial charge in [0.15, 0.2) is 5.71 Å². The largest absolute Gasteiger partial charge is 0.481 e. The number of carbonyl (C=O) groups excluding carboxylic acids is 1. The van der Waals surface area contributed by atoms with Crippen molar-refractivity contribution in [1.29, 1.82) is 0 Å². The third-order valence-electron chi connectivity index (χ3n) is 6.29. The van der Waals surface area contributed by atoms with E-state index in [-0.39, 0.29) is 43.7 Å². The standard InChI is InChI=1S/C27H28F6N4O4/c28-26(29,30)20-13-22(37-10-8-18(38)15-37)17(12-23(39)40)11-21(20)36-25(41)19(14-34)24(27(31,32)33)35-9-4-7-16-5-2-1-3-6-16/h1-3,5-6,11,13-14,18,38H,4,7-10,12,15,34H2,(H,36,41)(H,39,40)/t18-/m1/s1. The summed E-state index contributed by atoms with van der Waals surface area (Å²) in [5.74, 6) is -3.00. The average molecular weight is 587 g/mol. The zero-order valence-corrected chi connectivity index (χ0v) is 21.6. The zero-order valence-electron chi connectivity index (χ0n) is 21.6. The van der Waals surface area contributed by atoms with E-state index in [0.717, 1.165) is 11.6 Å². The van der Waals surface area contributed by atoms with Crippen molar-refractivity contribution in [3.8, 4) is 0 Å². The second kappa shape index (κ2) is 13.1. The lowest BCUT2D eigenvalue weighted by Crippen LogP contribution is -2.33. The van der Waals surface area contributed by atoms with Crippen LogP contribution in [0, 0.1) is 0 Å². The van der Waals surface area contributed by atoms with Crippen LogP contribution in [-0.4, -0.2) is 59.7 Å². The first-order valence-electron chi connectivity index (χ1n) is 12.5. The van der Waals surface area contributed by atoms with E-state index in [9.17, 15) is 46.1 Å². The Kier molecular flexibility index (Phi) is 10.0. The van der Waals surface area contributed by atoms with E-state index in [2.05, 4.69) is 4.99 Å². The number of aliphatic hydroxyl groups is 1. The summed E-state index contributed by atoms with van der Waals surface area (Å²) >= 11 is 0. The predicted molar refractivity (Wildman–Crippen MR) is 140 cm³/mol. The highest BCUT2D eigenvalue weighted by Gasteiger charge is 2.41. The number of benzene rings is 2. The number of nitrogens with zero attached hydrogens (tertiary/aromatic N) is 2. The van der Waals surface area contributed by atoms with Crippen molar-refractivity contribution in [3.63, 3.8) is 0 Å². The van der Waals surface area contributed by atoms with Crippen LogP contribution in [0.2, 0.25) is 0 Å². The molecule has 0 spiro atoms. The molecule has 1 heterocycles. The number of nitrogens with one attached hydrogen (secondary N) is 1. The molecule has 1 saturated heterocycles. The summed E-state index contributed by atoms with van der Waals surface area (Å²) in [5.41, 5.74) is 0.690. The third kappa shape index (κ3) is 8.46. The quantitative estimate of drug-likeness (QED) is 0.142. The van der Waals surface area contributed by atoms with Crippen molar-refractivity contribution in [2.75, 3.05) is 29.9 Å². The number of alkyl halides is 6. The molecule has 41 heavy (non-hydrogen) atoms. The molecule has 0 aliphatic carbocycles. The first-order valence-corrected chi connectivity index (χ1v) is 12.5. The van der Waals surface area contributed by atoms with E-state index < -0.39 is 59.3 Å². The van der Waals surface area contributed by atoms with Gasteiger partial charge in [0.05, 0.1) is 29.3 Å². The topological polar surface area (TPSA) is 128 Å². The molecule has 1 fully saturated rings. The summed E-state index contributed by atoms with van der Waals surface area (Å²) < 4.78 is 83.7. The monoisotopic (exact) mass is 586 g/mol. The average Bonchev–Trinajstić information content (AvgIpc) is 3.30. The molecule has 222 valence electrons. The van der Waals surface area contributed by atoms with Gasteiger partial charge in [-0.1, -0.05) is 30.3 Å². The van der Waals surface area contributed by atoms with Crippen LogP contribution in [0.25, 0.3) is 0 Å². The molecule has 1 atom stereocenters. The molecule has 8 nitrogen and oxygen atoms in total. The Hall–Kier alpha value is -4.07. The van der Waals surface area contributed by atoms with E-state index in [1.807, 2.05) is 5.32 Å². The number of aliphatic hydroxyl groups excluding tert-OH is 1. The van der Waals surface area contributed by atoms with Crippen molar-refractivity contribution < 1.29 is 46.1 Å². The number of carbonyl (C=O) groups is 2. The van der Waals surface area contributed by atoms with E-state index in [1.54, 1.807) is 30.3 Å². The number of carboxylic acid groups (broad SMARTS) is 1. The van der Waals surface area contributed by atoms with Crippen LogP contribution < -0.4 is 16.0 Å². The summed E-state index contributed by atoms with van der Waals surface area (Å²) in [7, 11) is 0. The number of aliphatic imine (C=N–C) groups is 1. The lowest BCUT2D eigenvalue weighted by atomic mass is 10.0. The fourth-order valence-corrected chi connectivity index (χ4v) is 4.43. The van der Waals surface area contributed by atoms with Crippen LogP contribution in [0.4, 0.5) is 37.7 Å². The normalized spacial score (nSPS) is 16.7. The number of carboxylic acids is 1. The van der Waals surface area contributed by atoms with Gasteiger partial charge in [-0.05, 0) is 42.5 Å². The Morgan fingerprint density at radius 2 is 1.80 bits per heavy atom. The van der Waals surface area contributed by atoms with Crippen LogP contribution in [0.5, 0.6) is 0 Å². The van der Waals surface area contributed by atoms with Gasteiger partial charge in [0.2, 0.25) is 0 Å². The molecule has 0 saturated carbocycles. The molecule has 3 rings (SSSR count). The van der Waals surface area contributed by atoms with Gasteiger partial charge >= 0.3 is 18.3 Å². The molecule has 0 radical (unpaired) electrons. The number of nitrogens with two attached hydrogens (primary N) is 1. The molecule has 0 unspecified atom stereocenters. The fourth-order valence-electron chi connectivity index (χ4n) is 4.43. The molecular weight excluding hydrogens is 558 g/mol. The number of hydrogen-bond donors (Lipinski definition) is 4. The highest BCUT2D eigenvalue weighted by atomic mass is 19.4. The Balaban J connectivity index is 1.94. The first-order chi connectivity index (χ1) is 19.2. The van der Waals surface area contributed by atoms with E-state index in [4.69, 9.17) is 5.73 Å². The third-order valence-corrected chi connectivity index (χ3v) is 6.29. The van der Waals surface area contributed by atoms with Gasteiger partial charge in [0.1, 0.15) is 0 Å². The number of hydrogen-bond acceptors (Lipinski definition) is 6. The van der Waals surface area contributed by atoms with Gasteiger partial charge in [-0.3, -0.25) is 14.6 Å². The van der Waals surface area contributed by atoms with Gasteiger partial charge in [0, 0.05) is 31.5 Å². The second-order valence-electron chi connectivity index (χ2n) is 9.33. The fraction of sp³-hybridized carbons (Fsp3) is 0.370. The maximum Gasteiger partial charge on any atom is 0.433 e. The SMILES string of the molecule is NC=C(C(=O)Nc1cc(CC(=O)O)c(N2CC[C@@H](O)C2)cc1C(F)(F)F)C(=NCCCc1ccccc1)C(F)(F)F. The lowest BCUT2D eigenvalue weighted by Gasteiger charge is -2.25. The maximum atomic E-state index is 14.0. The molecule has 2 aromatic rings. The highest BCUT2D eigenvalue weighted by Crippen LogP contribution is 2.40. The van der Waals surface area contributed by atoms with Crippen molar-refractivity contribution in [2.45, 2.75) is 44.1 Å². The number of halogens is 6. The van der Waals surface area contributed by atoms with Gasteiger partial charge in [-0.25, -0.2) is 0 Å². The number of aryl methyl sites for hydroxylation is 1. The number of rotatable bonds is 10. The number of anilines is 2. The minimum atomic E-state index is -5.16. The summed E-state index contributed by atoms with van der Waals surface area (Å²) in [4.78, 5) is 29.2. The molecule has 1 aliphatic heterocycles. The smallest absolute Gasteiger partial charge is 0.433 e. The van der Waals surface area contributed by atoms with E-state index in [0.29, 0.717) is 18.7 Å². The minimum absolute atomic E-state index is 0.0502. The second-order valence-corrected chi connectivity index (χ2v) is 9.33. The molecule has 0 bridgehead atoms. The summed E-state index contributed by atoms with van der Waals surface area (Å²) in [6.07, 6.45) is -10.7. The molecular formula is C27H28F6N4O4. The van der Waals surface area contributed by atoms with Crippen LogP contribution in [0.1, 0.15) is 29.5 Å². The zero-order chi connectivity index (χ0) is 30.4. The highest BCUT2D eigenvalue weighted by molar-refractivity contribution is 6.27. The van der Waals surface area contributed by atoms with Crippen LogP contribution in [0.15, 0.2) is 59.2 Å². The Bertz CT molecular complexity index is 1310. The van der Waals surface area contributed by atoms with Gasteiger partial charge in [-0.2, -0.15) is 26.3 Å². The number of amides is 1. The van der Waals surface area contributed by atoms with Crippen molar-refractivity contribution in [2.24, 2.45) is 10.7 Å². The van der Waals surface area contributed by atoms with E-state index >= 15 is 0 Å². The Labute approximate surface area is 231 Å². The Morgan fingerprint density at radius 3 is 2.34 bits per heavy atom. The number of aliphatic carboxylic acids is 1. The van der Waals surface area contributed by atoms with E-state index in [1.165, 1.54) is 4.90 Å². The van der Waals surface area contributed by atoms with Crippen molar-refractivity contribution >= 4 is 29.0 Å².